The summed E-state index contributed by atoms with van der Waals surface area (Å²) in [6, 6.07) is 19.8. The number of furan rings is 1. The number of benzene rings is 2. The standard InChI is InChI=1S/C26H29N3O4/c1-27(16-20-5-3-2-4-6-20)26(30)24-10-8-22(33-24)18-29-13-11-28(12-14-29)17-21-7-9-23-25(15-21)32-19-31-23/h2-10,15H,11-14,16-19H2,1H3. The third-order valence-corrected chi connectivity index (χ3v) is 6.17. The zero-order chi connectivity index (χ0) is 22.6. The van der Waals surface area contributed by atoms with Gasteiger partial charge in [-0.25, -0.2) is 0 Å². The van der Waals surface area contributed by atoms with E-state index < -0.39 is 0 Å². The van der Waals surface area contributed by atoms with E-state index in [4.69, 9.17) is 13.9 Å². The predicted molar refractivity (Wildman–Crippen MR) is 124 cm³/mol. The lowest BCUT2D eigenvalue weighted by molar-refractivity contribution is 0.0745. The second-order valence-corrected chi connectivity index (χ2v) is 8.65. The van der Waals surface area contributed by atoms with Crippen molar-refractivity contribution in [2.24, 2.45) is 0 Å². The van der Waals surface area contributed by atoms with Gasteiger partial charge in [-0.3, -0.25) is 14.6 Å². The molecule has 2 aliphatic heterocycles. The number of hydrogen-bond donors (Lipinski definition) is 0. The molecule has 0 spiro atoms. The van der Waals surface area contributed by atoms with Gasteiger partial charge in [0, 0.05) is 46.3 Å². The molecule has 172 valence electrons. The van der Waals surface area contributed by atoms with Gasteiger partial charge in [-0.2, -0.15) is 0 Å². The first-order chi connectivity index (χ1) is 16.1. The molecule has 3 aromatic rings. The lowest BCUT2D eigenvalue weighted by atomic mass is 10.1. The van der Waals surface area contributed by atoms with E-state index >= 15 is 0 Å². The Morgan fingerprint density at radius 2 is 1.58 bits per heavy atom. The van der Waals surface area contributed by atoms with E-state index in [1.807, 2.05) is 42.5 Å². The molecular weight excluding hydrogens is 418 g/mol. The van der Waals surface area contributed by atoms with E-state index in [1.165, 1.54) is 5.56 Å². The number of ether oxygens (including phenoxy) is 2. The van der Waals surface area contributed by atoms with Crippen molar-refractivity contribution in [2.75, 3.05) is 40.0 Å². The Morgan fingerprint density at radius 3 is 2.36 bits per heavy atom. The lowest BCUT2D eigenvalue weighted by Gasteiger charge is -2.34. The largest absolute Gasteiger partial charge is 0.455 e. The summed E-state index contributed by atoms with van der Waals surface area (Å²) in [5.74, 6) is 2.79. The van der Waals surface area contributed by atoms with Crippen LogP contribution in [0.25, 0.3) is 0 Å². The first-order valence-electron chi connectivity index (χ1n) is 11.4. The van der Waals surface area contributed by atoms with Crippen molar-refractivity contribution in [3.05, 3.63) is 83.3 Å². The number of carbonyl (C=O) groups is 1. The first kappa shape index (κ1) is 21.6. The van der Waals surface area contributed by atoms with Crippen LogP contribution in [0.5, 0.6) is 11.5 Å². The molecule has 2 aromatic carbocycles. The average Bonchev–Trinajstić information content (AvgIpc) is 3.50. The fraction of sp³-hybridized carbons (Fsp3) is 0.346. The topological polar surface area (TPSA) is 58.4 Å². The highest BCUT2D eigenvalue weighted by atomic mass is 16.7. The molecule has 0 bridgehead atoms. The fourth-order valence-electron chi connectivity index (χ4n) is 4.32. The molecule has 1 saturated heterocycles. The molecule has 0 unspecified atom stereocenters. The van der Waals surface area contributed by atoms with Crippen LogP contribution < -0.4 is 9.47 Å². The summed E-state index contributed by atoms with van der Waals surface area (Å²) < 4.78 is 16.8. The summed E-state index contributed by atoms with van der Waals surface area (Å²) in [5.41, 5.74) is 2.33. The molecule has 0 aliphatic carbocycles. The number of fused-ring (bicyclic) bond motifs is 1. The Morgan fingerprint density at radius 1 is 0.848 bits per heavy atom. The van der Waals surface area contributed by atoms with Crippen LogP contribution in [0, 0.1) is 0 Å². The van der Waals surface area contributed by atoms with Crippen LogP contribution in [0.4, 0.5) is 0 Å². The lowest BCUT2D eigenvalue weighted by Crippen LogP contribution is -2.45. The highest BCUT2D eigenvalue weighted by Crippen LogP contribution is 2.32. The summed E-state index contributed by atoms with van der Waals surface area (Å²) in [6.07, 6.45) is 0. The van der Waals surface area contributed by atoms with E-state index in [1.54, 1.807) is 18.0 Å². The number of piperazine rings is 1. The first-order valence-corrected chi connectivity index (χ1v) is 11.4. The van der Waals surface area contributed by atoms with Gasteiger partial charge in [0.2, 0.25) is 6.79 Å². The van der Waals surface area contributed by atoms with E-state index in [-0.39, 0.29) is 5.91 Å². The molecule has 0 saturated carbocycles. The Labute approximate surface area is 194 Å². The van der Waals surface area contributed by atoms with Crippen LogP contribution >= 0.6 is 0 Å². The maximum absolute atomic E-state index is 12.7. The van der Waals surface area contributed by atoms with Crippen LogP contribution in [-0.4, -0.2) is 60.6 Å². The molecule has 5 rings (SSSR count). The SMILES string of the molecule is CN(Cc1ccccc1)C(=O)c1ccc(CN2CCN(Cc3ccc4c(c3)OCO4)CC2)o1. The molecule has 2 aliphatic rings. The van der Waals surface area contributed by atoms with Crippen LogP contribution in [0.2, 0.25) is 0 Å². The Hall–Kier alpha value is -3.29. The minimum atomic E-state index is -0.0985. The van der Waals surface area contributed by atoms with Gasteiger partial charge < -0.3 is 18.8 Å². The van der Waals surface area contributed by atoms with Gasteiger partial charge in [0.05, 0.1) is 6.54 Å². The van der Waals surface area contributed by atoms with Crippen molar-refractivity contribution in [2.45, 2.75) is 19.6 Å². The van der Waals surface area contributed by atoms with Crippen LogP contribution in [0.15, 0.2) is 65.1 Å². The van der Waals surface area contributed by atoms with Crippen molar-refractivity contribution in [1.29, 1.82) is 0 Å². The van der Waals surface area contributed by atoms with Gasteiger partial charge in [0.15, 0.2) is 17.3 Å². The smallest absolute Gasteiger partial charge is 0.289 e. The highest BCUT2D eigenvalue weighted by molar-refractivity contribution is 5.91. The van der Waals surface area contributed by atoms with Gasteiger partial charge in [-0.1, -0.05) is 36.4 Å². The molecule has 33 heavy (non-hydrogen) atoms. The van der Waals surface area contributed by atoms with E-state index in [0.29, 0.717) is 25.6 Å². The molecule has 0 N–H and O–H groups in total. The zero-order valence-corrected chi connectivity index (χ0v) is 18.9. The number of carbonyl (C=O) groups excluding carboxylic acids is 1. The second-order valence-electron chi connectivity index (χ2n) is 8.65. The van der Waals surface area contributed by atoms with Crippen LogP contribution in [0.3, 0.4) is 0 Å². The molecule has 0 radical (unpaired) electrons. The summed E-state index contributed by atoms with van der Waals surface area (Å²) in [4.78, 5) is 19.2. The molecule has 1 amide bonds. The van der Waals surface area contributed by atoms with Crippen molar-refractivity contribution in [1.82, 2.24) is 14.7 Å². The Balaban J connectivity index is 1.10. The van der Waals surface area contributed by atoms with E-state index in [9.17, 15) is 4.79 Å². The minimum absolute atomic E-state index is 0.0985. The molecule has 1 fully saturated rings. The normalized spacial score (nSPS) is 16.2. The summed E-state index contributed by atoms with van der Waals surface area (Å²) in [5, 5.41) is 0. The summed E-state index contributed by atoms with van der Waals surface area (Å²) in [7, 11) is 1.80. The molecule has 0 atom stereocenters. The predicted octanol–water partition coefficient (Wildman–Crippen LogP) is 3.60. The van der Waals surface area contributed by atoms with Gasteiger partial charge in [0.25, 0.3) is 5.91 Å². The zero-order valence-electron chi connectivity index (χ0n) is 18.9. The Kier molecular flexibility index (Phi) is 6.32. The van der Waals surface area contributed by atoms with E-state index in [0.717, 1.165) is 55.5 Å². The molecule has 1 aromatic heterocycles. The fourth-order valence-corrected chi connectivity index (χ4v) is 4.32. The number of amides is 1. The average molecular weight is 448 g/mol. The molecule has 3 heterocycles. The van der Waals surface area contributed by atoms with Gasteiger partial charge >= 0.3 is 0 Å². The van der Waals surface area contributed by atoms with Crippen molar-refractivity contribution < 1.29 is 18.7 Å². The van der Waals surface area contributed by atoms with Crippen molar-refractivity contribution in [3.63, 3.8) is 0 Å². The number of rotatable bonds is 7. The van der Waals surface area contributed by atoms with Crippen molar-refractivity contribution in [3.8, 4) is 11.5 Å². The maximum Gasteiger partial charge on any atom is 0.289 e. The van der Waals surface area contributed by atoms with Gasteiger partial charge in [-0.05, 0) is 35.4 Å². The third kappa shape index (κ3) is 5.21. The van der Waals surface area contributed by atoms with Crippen LogP contribution in [0.1, 0.15) is 27.4 Å². The molecule has 7 nitrogen and oxygen atoms in total. The van der Waals surface area contributed by atoms with E-state index in [2.05, 4.69) is 21.9 Å². The second kappa shape index (κ2) is 9.68. The summed E-state index contributed by atoms with van der Waals surface area (Å²) >= 11 is 0. The molecular formula is C26H29N3O4. The van der Waals surface area contributed by atoms with Crippen molar-refractivity contribution >= 4 is 5.91 Å². The number of hydrogen-bond acceptors (Lipinski definition) is 6. The third-order valence-electron chi connectivity index (χ3n) is 6.17. The summed E-state index contributed by atoms with van der Waals surface area (Å²) in [6.45, 7) is 6.37. The maximum atomic E-state index is 12.7. The van der Waals surface area contributed by atoms with Gasteiger partial charge in [0.1, 0.15) is 5.76 Å². The minimum Gasteiger partial charge on any atom is -0.455 e. The van der Waals surface area contributed by atoms with Gasteiger partial charge in [-0.15, -0.1) is 0 Å². The number of nitrogens with zero attached hydrogens (tertiary/aromatic N) is 3. The Bertz CT molecular complexity index is 1090. The highest BCUT2D eigenvalue weighted by Gasteiger charge is 2.21. The monoisotopic (exact) mass is 447 g/mol. The quantitative estimate of drug-likeness (QED) is 0.552. The van der Waals surface area contributed by atoms with Crippen LogP contribution in [-0.2, 0) is 19.6 Å². The molecule has 7 heteroatoms.